The highest BCUT2D eigenvalue weighted by Crippen LogP contribution is 2.26. The third-order valence-corrected chi connectivity index (χ3v) is 5.70. The molecule has 3 atom stereocenters. The molecule has 0 amide bonds. The van der Waals surface area contributed by atoms with E-state index < -0.39 is 6.10 Å². The molecule has 1 saturated heterocycles. The molecule has 4 rings (SSSR count). The summed E-state index contributed by atoms with van der Waals surface area (Å²) in [5.74, 6) is 0. The maximum absolute atomic E-state index is 10.7. The van der Waals surface area contributed by atoms with Gasteiger partial charge in [-0.3, -0.25) is 4.90 Å². The highest BCUT2D eigenvalue weighted by atomic mass is 16.5. The molecule has 1 aliphatic heterocycles. The van der Waals surface area contributed by atoms with Gasteiger partial charge >= 0.3 is 0 Å². The van der Waals surface area contributed by atoms with Crippen molar-refractivity contribution in [3.05, 3.63) is 108 Å². The molecule has 0 radical (unpaired) electrons. The number of aliphatic hydroxyl groups is 1. The lowest BCUT2D eigenvalue weighted by Gasteiger charge is -2.37. The Bertz CT molecular complexity index is 812. The van der Waals surface area contributed by atoms with Crippen molar-refractivity contribution in [1.82, 2.24) is 4.90 Å². The smallest absolute Gasteiger partial charge is 0.0992 e. The average Bonchev–Trinajstić information content (AvgIpc) is 3.19. The molecule has 0 unspecified atom stereocenters. The van der Waals surface area contributed by atoms with Gasteiger partial charge in [-0.25, -0.2) is 0 Å². The first-order chi connectivity index (χ1) is 14.3. The van der Waals surface area contributed by atoms with Gasteiger partial charge in [0.1, 0.15) is 0 Å². The topological polar surface area (TPSA) is 32.7 Å². The second-order valence-corrected chi connectivity index (χ2v) is 7.82. The fourth-order valence-electron chi connectivity index (χ4n) is 4.20. The van der Waals surface area contributed by atoms with Crippen LogP contribution in [-0.2, 0) is 24.2 Å². The van der Waals surface area contributed by atoms with Crippen molar-refractivity contribution >= 4 is 0 Å². The zero-order chi connectivity index (χ0) is 19.9. The summed E-state index contributed by atoms with van der Waals surface area (Å²) in [5, 5.41) is 10.7. The van der Waals surface area contributed by atoms with Gasteiger partial charge in [0.2, 0.25) is 0 Å². The van der Waals surface area contributed by atoms with Crippen LogP contribution >= 0.6 is 0 Å². The van der Waals surface area contributed by atoms with Crippen molar-refractivity contribution in [2.45, 2.75) is 44.2 Å². The molecule has 3 aromatic rings. The first-order valence-corrected chi connectivity index (χ1v) is 10.4. The molecule has 29 heavy (non-hydrogen) atoms. The van der Waals surface area contributed by atoms with Gasteiger partial charge in [-0.1, -0.05) is 91.0 Å². The van der Waals surface area contributed by atoms with Gasteiger partial charge in [0, 0.05) is 25.7 Å². The molecule has 150 valence electrons. The van der Waals surface area contributed by atoms with Crippen LogP contribution in [0.2, 0.25) is 0 Å². The van der Waals surface area contributed by atoms with E-state index in [0.29, 0.717) is 13.0 Å². The molecule has 3 nitrogen and oxygen atoms in total. The second kappa shape index (κ2) is 9.84. The fourth-order valence-corrected chi connectivity index (χ4v) is 4.20. The van der Waals surface area contributed by atoms with Crippen LogP contribution in [0.5, 0.6) is 0 Å². The molecule has 0 saturated carbocycles. The maximum atomic E-state index is 10.7. The number of hydrogen-bond donors (Lipinski definition) is 1. The fraction of sp³-hybridized carbons (Fsp3) is 0.308. The van der Waals surface area contributed by atoms with E-state index in [1.807, 2.05) is 6.07 Å². The number of hydrogen-bond acceptors (Lipinski definition) is 3. The van der Waals surface area contributed by atoms with E-state index >= 15 is 0 Å². The van der Waals surface area contributed by atoms with Crippen molar-refractivity contribution in [2.75, 3.05) is 6.61 Å². The van der Waals surface area contributed by atoms with Crippen molar-refractivity contribution in [3.8, 4) is 0 Å². The molecule has 1 aliphatic rings. The van der Waals surface area contributed by atoms with Crippen LogP contribution in [0.15, 0.2) is 91.0 Å². The van der Waals surface area contributed by atoms with E-state index in [9.17, 15) is 5.11 Å². The third-order valence-electron chi connectivity index (χ3n) is 5.70. The van der Waals surface area contributed by atoms with Gasteiger partial charge in [-0.15, -0.1) is 0 Å². The van der Waals surface area contributed by atoms with Crippen molar-refractivity contribution in [2.24, 2.45) is 0 Å². The van der Waals surface area contributed by atoms with E-state index in [-0.39, 0.29) is 12.1 Å². The lowest BCUT2D eigenvalue weighted by atomic mass is 9.95. The minimum atomic E-state index is -0.419. The minimum absolute atomic E-state index is 0.0929. The lowest BCUT2D eigenvalue weighted by Crippen LogP contribution is -2.48. The van der Waals surface area contributed by atoms with Crippen molar-refractivity contribution < 1.29 is 9.84 Å². The number of rotatable bonds is 8. The monoisotopic (exact) mass is 387 g/mol. The van der Waals surface area contributed by atoms with E-state index in [1.54, 1.807) is 0 Å². The van der Waals surface area contributed by atoms with E-state index in [2.05, 4.69) is 89.8 Å². The molecule has 3 aromatic carbocycles. The van der Waals surface area contributed by atoms with E-state index in [0.717, 1.165) is 19.5 Å². The Morgan fingerprint density at radius 2 is 1.24 bits per heavy atom. The second-order valence-electron chi connectivity index (χ2n) is 7.82. The number of benzene rings is 3. The van der Waals surface area contributed by atoms with Gasteiger partial charge in [-0.2, -0.15) is 0 Å². The molecule has 1 N–H and O–H groups in total. The minimum Gasteiger partial charge on any atom is -0.390 e. The summed E-state index contributed by atoms with van der Waals surface area (Å²) >= 11 is 0. The van der Waals surface area contributed by atoms with Crippen LogP contribution in [0.4, 0.5) is 0 Å². The normalized spacial score (nSPS) is 20.1. The van der Waals surface area contributed by atoms with Gasteiger partial charge in [0.25, 0.3) is 0 Å². The van der Waals surface area contributed by atoms with Gasteiger partial charge in [0.05, 0.1) is 12.2 Å². The van der Waals surface area contributed by atoms with E-state index in [1.165, 1.54) is 16.7 Å². The zero-order valence-corrected chi connectivity index (χ0v) is 16.7. The number of aliphatic hydroxyl groups excluding tert-OH is 1. The molecule has 1 heterocycles. The Morgan fingerprint density at radius 1 is 0.759 bits per heavy atom. The highest BCUT2D eigenvalue weighted by molar-refractivity contribution is 5.20. The molecule has 0 bridgehead atoms. The lowest BCUT2D eigenvalue weighted by molar-refractivity contribution is -0.0291. The van der Waals surface area contributed by atoms with Crippen LogP contribution in [0.3, 0.4) is 0 Å². The summed E-state index contributed by atoms with van der Waals surface area (Å²) in [6.07, 6.45) is 0.961. The third kappa shape index (κ3) is 5.33. The Hall–Kier alpha value is -2.46. The summed E-state index contributed by atoms with van der Waals surface area (Å²) in [5.41, 5.74) is 3.81. The standard InChI is InChI=1S/C26H29NO2/c28-25-16-17-29-26(25)24(18-21-10-4-1-5-11-21)27(19-22-12-6-2-7-13-22)20-23-14-8-3-9-15-23/h1-15,24-26,28H,16-20H2/t24-,25-,26-/m0/s1. The summed E-state index contributed by atoms with van der Waals surface area (Å²) in [6.45, 7) is 2.27. The predicted octanol–water partition coefficient (Wildman–Crippen LogP) is 4.45. The van der Waals surface area contributed by atoms with Gasteiger partial charge in [0.15, 0.2) is 0 Å². The molecule has 0 spiro atoms. The molecule has 1 fully saturated rings. The van der Waals surface area contributed by atoms with Crippen molar-refractivity contribution in [3.63, 3.8) is 0 Å². The van der Waals surface area contributed by atoms with Crippen LogP contribution in [0.25, 0.3) is 0 Å². The van der Waals surface area contributed by atoms with Crippen molar-refractivity contribution in [1.29, 1.82) is 0 Å². The summed E-state index contributed by atoms with van der Waals surface area (Å²) in [7, 11) is 0. The van der Waals surface area contributed by atoms with Gasteiger partial charge < -0.3 is 9.84 Å². The van der Waals surface area contributed by atoms with Gasteiger partial charge in [-0.05, 0) is 29.5 Å². The molecule has 0 aromatic heterocycles. The number of nitrogens with zero attached hydrogens (tertiary/aromatic N) is 1. The van der Waals surface area contributed by atoms with Crippen LogP contribution < -0.4 is 0 Å². The maximum Gasteiger partial charge on any atom is 0.0992 e. The first-order valence-electron chi connectivity index (χ1n) is 10.4. The SMILES string of the molecule is O[C@H]1CCO[C@H]1[C@H](Cc1ccccc1)N(Cc1ccccc1)Cc1ccccc1. The van der Waals surface area contributed by atoms with Crippen LogP contribution in [-0.4, -0.2) is 34.9 Å². The first kappa shape index (κ1) is 19.8. The van der Waals surface area contributed by atoms with Crippen LogP contribution in [0.1, 0.15) is 23.1 Å². The molecule has 0 aliphatic carbocycles. The van der Waals surface area contributed by atoms with Crippen LogP contribution in [0, 0.1) is 0 Å². The Labute approximate surface area is 173 Å². The summed E-state index contributed by atoms with van der Waals surface area (Å²) < 4.78 is 6.06. The molecular weight excluding hydrogens is 358 g/mol. The zero-order valence-electron chi connectivity index (χ0n) is 16.7. The summed E-state index contributed by atoms with van der Waals surface area (Å²) in [4.78, 5) is 2.47. The van der Waals surface area contributed by atoms with E-state index in [4.69, 9.17) is 4.74 Å². The quantitative estimate of drug-likeness (QED) is 0.620. The average molecular weight is 388 g/mol. The number of ether oxygens (including phenoxy) is 1. The largest absolute Gasteiger partial charge is 0.390 e. The Kier molecular flexibility index (Phi) is 6.73. The molecular formula is C26H29NO2. The Morgan fingerprint density at radius 3 is 1.69 bits per heavy atom. The highest BCUT2D eigenvalue weighted by Gasteiger charge is 2.37. The predicted molar refractivity (Wildman–Crippen MR) is 116 cm³/mol. The summed E-state index contributed by atoms with van der Waals surface area (Å²) in [6, 6.07) is 31.8. The Balaban J connectivity index is 1.65. The molecule has 3 heteroatoms.